The Balaban J connectivity index is 1.81. The van der Waals surface area contributed by atoms with Gasteiger partial charge in [-0.2, -0.15) is 0 Å². The fourth-order valence-corrected chi connectivity index (χ4v) is 3.11. The van der Waals surface area contributed by atoms with Gasteiger partial charge in [0.25, 0.3) is 0 Å². The first-order valence-electron chi connectivity index (χ1n) is 6.53. The maximum atomic E-state index is 11.3. The average molecular weight is 310 g/mol. The number of fused-ring (bicyclic) bond motifs is 2. The molecule has 0 aliphatic rings. The predicted molar refractivity (Wildman–Crippen MR) is 85.8 cm³/mol. The fraction of sp³-hybridized carbons (Fsp3) is 0.0667. The minimum absolute atomic E-state index is 0.153. The molecule has 4 aromatic rings. The smallest absolute Gasteiger partial charge is 0.323 e. The number of nitrogens with zero attached hydrogens (tertiary/aromatic N) is 1. The van der Waals surface area contributed by atoms with E-state index < -0.39 is 0 Å². The number of benzene rings is 1. The van der Waals surface area contributed by atoms with Gasteiger partial charge < -0.3 is 20.1 Å². The van der Waals surface area contributed by atoms with E-state index in [0.717, 1.165) is 38.3 Å². The van der Waals surface area contributed by atoms with Gasteiger partial charge in [0.15, 0.2) is 0 Å². The van der Waals surface area contributed by atoms with E-state index in [4.69, 9.17) is 5.11 Å². The van der Waals surface area contributed by atoms with Gasteiger partial charge in [-0.1, -0.05) is 11.8 Å². The standard InChI is InChI=1S/C15H10N4O2S/c20-3-1-2-8-4-13(22-7-8)14-16-9-5-11-12(6-10(9)17-14)19-15(21)18-11/h4-7,20H,3H2,(H,16,17)(H2,18,19,21). The third-order valence-electron chi connectivity index (χ3n) is 3.26. The van der Waals surface area contributed by atoms with Crippen molar-refractivity contribution in [3.8, 4) is 22.5 Å². The van der Waals surface area contributed by atoms with Gasteiger partial charge in [0, 0.05) is 10.9 Å². The minimum atomic E-state index is -0.228. The number of aliphatic hydroxyl groups is 1. The van der Waals surface area contributed by atoms with E-state index >= 15 is 0 Å². The van der Waals surface area contributed by atoms with Gasteiger partial charge in [0.2, 0.25) is 0 Å². The predicted octanol–water partition coefficient (Wildman–Crippen LogP) is 1.80. The molecule has 3 aromatic heterocycles. The number of hydrogen-bond acceptors (Lipinski definition) is 4. The van der Waals surface area contributed by atoms with Gasteiger partial charge in [-0.25, -0.2) is 9.78 Å². The first-order chi connectivity index (χ1) is 10.7. The summed E-state index contributed by atoms with van der Waals surface area (Å²) in [4.78, 5) is 25.5. The molecule has 7 heteroatoms. The van der Waals surface area contributed by atoms with Crippen molar-refractivity contribution in [1.29, 1.82) is 0 Å². The van der Waals surface area contributed by atoms with E-state index in [-0.39, 0.29) is 12.3 Å². The minimum Gasteiger partial charge on any atom is -0.384 e. The Kier molecular flexibility index (Phi) is 2.85. The lowest BCUT2D eigenvalue weighted by molar-refractivity contribution is 0.350. The largest absolute Gasteiger partial charge is 0.384 e. The molecule has 3 heterocycles. The van der Waals surface area contributed by atoms with E-state index in [9.17, 15) is 4.79 Å². The monoisotopic (exact) mass is 310 g/mol. The molecule has 4 N–H and O–H groups in total. The molecule has 6 nitrogen and oxygen atoms in total. The molecule has 0 saturated heterocycles. The Hall–Kier alpha value is -2.82. The van der Waals surface area contributed by atoms with Crippen LogP contribution in [-0.2, 0) is 0 Å². The highest BCUT2D eigenvalue weighted by Crippen LogP contribution is 2.27. The number of nitrogens with one attached hydrogen (secondary N) is 3. The van der Waals surface area contributed by atoms with Gasteiger partial charge in [0.05, 0.1) is 26.9 Å². The first-order valence-corrected chi connectivity index (χ1v) is 7.41. The Labute approximate surface area is 127 Å². The second kappa shape index (κ2) is 4.87. The molecule has 0 radical (unpaired) electrons. The molecule has 0 atom stereocenters. The van der Waals surface area contributed by atoms with E-state index in [1.165, 1.54) is 11.3 Å². The van der Waals surface area contributed by atoms with Crippen LogP contribution in [-0.4, -0.2) is 31.6 Å². The molecular weight excluding hydrogens is 300 g/mol. The van der Waals surface area contributed by atoms with Crippen LogP contribution in [0.15, 0.2) is 28.4 Å². The summed E-state index contributed by atoms with van der Waals surface area (Å²) in [5.74, 6) is 6.25. The first kappa shape index (κ1) is 12.9. The van der Waals surface area contributed by atoms with Crippen molar-refractivity contribution in [1.82, 2.24) is 19.9 Å². The number of imidazole rings is 2. The SMILES string of the molecule is O=c1[nH]c2cc3nc(-c4cc(C#CCO)cs4)[nH]c3cc2[nH]1. The van der Waals surface area contributed by atoms with Crippen molar-refractivity contribution >= 4 is 33.4 Å². The number of hydrogen-bond donors (Lipinski definition) is 4. The van der Waals surface area contributed by atoms with Crippen molar-refractivity contribution in [3.63, 3.8) is 0 Å². The summed E-state index contributed by atoms with van der Waals surface area (Å²) < 4.78 is 0. The molecule has 0 spiro atoms. The summed E-state index contributed by atoms with van der Waals surface area (Å²) in [6.45, 7) is -0.153. The molecule has 4 rings (SSSR count). The normalized spacial score (nSPS) is 11.0. The van der Waals surface area contributed by atoms with Crippen LogP contribution in [0.5, 0.6) is 0 Å². The zero-order chi connectivity index (χ0) is 15.1. The summed E-state index contributed by atoms with van der Waals surface area (Å²) in [5.41, 5.74) is 3.74. The molecule has 0 aliphatic heterocycles. The lowest BCUT2D eigenvalue weighted by Gasteiger charge is -1.88. The maximum Gasteiger partial charge on any atom is 0.323 e. The second-order valence-corrected chi connectivity index (χ2v) is 5.65. The molecule has 0 saturated carbocycles. The number of aromatic nitrogens is 4. The van der Waals surface area contributed by atoms with E-state index in [0.29, 0.717) is 0 Å². The highest BCUT2D eigenvalue weighted by atomic mass is 32.1. The topological polar surface area (TPSA) is 97.6 Å². The molecule has 0 aliphatic carbocycles. The zero-order valence-corrected chi connectivity index (χ0v) is 12.0. The van der Waals surface area contributed by atoms with E-state index in [1.807, 2.05) is 23.6 Å². The van der Waals surface area contributed by atoms with Crippen molar-refractivity contribution in [3.05, 3.63) is 39.6 Å². The van der Waals surface area contributed by atoms with Crippen LogP contribution >= 0.6 is 11.3 Å². The van der Waals surface area contributed by atoms with Crippen molar-refractivity contribution in [2.75, 3.05) is 6.61 Å². The Morgan fingerprint density at radius 3 is 2.77 bits per heavy atom. The van der Waals surface area contributed by atoms with Crippen LogP contribution < -0.4 is 5.69 Å². The van der Waals surface area contributed by atoms with Crippen molar-refractivity contribution < 1.29 is 5.11 Å². The van der Waals surface area contributed by atoms with Crippen LogP contribution in [0.25, 0.3) is 32.8 Å². The summed E-state index contributed by atoms with van der Waals surface area (Å²) >= 11 is 1.53. The quantitative estimate of drug-likeness (QED) is 0.404. The van der Waals surface area contributed by atoms with Crippen LogP contribution in [0.3, 0.4) is 0 Å². The van der Waals surface area contributed by atoms with Crippen molar-refractivity contribution in [2.24, 2.45) is 0 Å². The number of aliphatic hydroxyl groups excluding tert-OH is 1. The molecule has 0 unspecified atom stereocenters. The fourth-order valence-electron chi connectivity index (χ4n) is 2.32. The number of thiophene rings is 1. The summed E-state index contributed by atoms with van der Waals surface area (Å²) in [6, 6.07) is 5.63. The number of aromatic amines is 3. The Morgan fingerprint density at radius 1 is 1.14 bits per heavy atom. The van der Waals surface area contributed by atoms with Crippen LogP contribution in [0.4, 0.5) is 0 Å². The van der Waals surface area contributed by atoms with Crippen LogP contribution in [0.1, 0.15) is 5.56 Å². The van der Waals surface area contributed by atoms with Gasteiger partial charge in [-0.15, -0.1) is 11.3 Å². The second-order valence-electron chi connectivity index (χ2n) is 4.74. The summed E-state index contributed by atoms with van der Waals surface area (Å²) in [7, 11) is 0. The zero-order valence-electron chi connectivity index (χ0n) is 11.2. The molecule has 0 fully saturated rings. The number of H-pyrrole nitrogens is 3. The Morgan fingerprint density at radius 2 is 1.95 bits per heavy atom. The third kappa shape index (κ3) is 2.11. The highest BCUT2D eigenvalue weighted by Gasteiger charge is 2.09. The van der Waals surface area contributed by atoms with E-state index in [2.05, 4.69) is 31.8 Å². The molecule has 0 amide bonds. The molecule has 0 bridgehead atoms. The number of rotatable bonds is 1. The third-order valence-corrected chi connectivity index (χ3v) is 4.20. The highest BCUT2D eigenvalue weighted by molar-refractivity contribution is 7.13. The Bertz CT molecular complexity index is 1050. The van der Waals surface area contributed by atoms with E-state index in [1.54, 1.807) is 0 Å². The van der Waals surface area contributed by atoms with Gasteiger partial charge in [0.1, 0.15) is 12.4 Å². The summed E-state index contributed by atoms with van der Waals surface area (Å²) in [5, 5.41) is 10.6. The van der Waals surface area contributed by atoms with Crippen LogP contribution in [0.2, 0.25) is 0 Å². The lowest BCUT2D eigenvalue weighted by Crippen LogP contribution is -1.99. The average Bonchev–Trinajstić information content (AvgIpc) is 3.18. The van der Waals surface area contributed by atoms with Crippen LogP contribution in [0, 0.1) is 11.8 Å². The van der Waals surface area contributed by atoms with Gasteiger partial charge in [-0.05, 0) is 18.2 Å². The van der Waals surface area contributed by atoms with Crippen molar-refractivity contribution in [2.45, 2.75) is 0 Å². The molecule has 1 aromatic carbocycles. The molecular formula is C15H10N4O2S. The van der Waals surface area contributed by atoms with Gasteiger partial charge in [-0.3, -0.25) is 0 Å². The molecule has 108 valence electrons. The lowest BCUT2D eigenvalue weighted by atomic mass is 10.3. The van der Waals surface area contributed by atoms with Gasteiger partial charge >= 0.3 is 5.69 Å². The maximum absolute atomic E-state index is 11.3. The summed E-state index contributed by atoms with van der Waals surface area (Å²) in [6.07, 6.45) is 0. The molecule has 22 heavy (non-hydrogen) atoms.